The van der Waals surface area contributed by atoms with E-state index in [0.29, 0.717) is 12.1 Å². The normalized spacial score (nSPS) is 14.0. The Labute approximate surface area is 113 Å². The summed E-state index contributed by atoms with van der Waals surface area (Å²) in [7, 11) is 0. The van der Waals surface area contributed by atoms with Crippen molar-refractivity contribution in [3.05, 3.63) is 29.8 Å². The molecule has 19 heavy (non-hydrogen) atoms. The summed E-state index contributed by atoms with van der Waals surface area (Å²) in [6.45, 7) is 7.37. The molecule has 2 atom stereocenters. The summed E-state index contributed by atoms with van der Waals surface area (Å²) in [6, 6.07) is 2.97. The van der Waals surface area contributed by atoms with Crippen LogP contribution in [0.3, 0.4) is 0 Å². The first-order valence-electron chi connectivity index (χ1n) is 6.47. The molecule has 0 bridgehead atoms. The van der Waals surface area contributed by atoms with Gasteiger partial charge in [0.25, 0.3) is 0 Å². The Balaban J connectivity index is 2.50. The molecule has 1 amide bonds. The third-order valence-electron chi connectivity index (χ3n) is 2.65. The van der Waals surface area contributed by atoms with Crippen LogP contribution in [0.25, 0.3) is 0 Å². The minimum Gasteiger partial charge on any atom is -0.447 e. The van der Waals surface area contributed by atoms with Gasteiger partial charge in [-0.3, -0.25) is 4.98 Å². The fourth-order valence-corrected chi connectivity index (χ4v) is 1.87. The maximum Gasteiger partial charge on any atom is 0.407 e. The summed E-state index contributed by atoms with van der Waals surface area (Å²) in [5.41, 5.74) is 0.405. The lowest BCUT2D eigenvalue weighted by molar-refractivity contribution is 0.0966. The average Bonchev–Trinajstić information content (AvgIpc) is 2.27. The number of amides is 1. The number of hydrogen-bond acceptors (Lipinski definition) is 3. The van der Waals surface area contributed by atoms with Crippen molar-refractivity contribution >= 4 is 6.09 Å². The number of aromatic nitrogens is 1. The molecule has 0 aromatic carbocycles. The number of carbonyl (C=O) groups is 1. The summed E-state index contributed by atoms with van der Waals surface area (Å²) < 4.78 is 18.7. The van der Waals surface area contributed by atoms with Gasteiger partial charge in [-0.15, -0.1) is 0 Å². The van der Waals surface area contributed by atoms with Crippen molar-refractivity contribution < 1.29 is 13.9 Å². The van der Waals surface area contributed by atoms with Gasteiger partial charge >= 0.3 is 6.09 Å². The van der Waals surface area contributed by atoms with Gasteiger partial charge in [0.2, 0.25) is 0 Å². The van der Waals surface area contributed by atoms with Crippen LogP contribution in [-0.2, 0) is 4.74 Å². The van der Waals surface area contributed by atoms with E-state index in [1.165, 1.54) is 6.07 Å². The molecule has 1 aromatic heterocycles. The Morgan fingerprint density at radius 2 is 2.11 bits per heavy atom. The van der Waals surface area contributed by atoms with Crippen molar-refractivity contribution in [1.82, 2.24) is 10.3 Å². The molecular weight excluding hydrogens is 247 g/mol. The van der Waals surface area contributed by atoms with Gasteiger partial charge in [-0.05, 0) is 39.3 Å². The van der Waals surface area contributed by atoms with E-state index in [4.69, 9.17) is 4.74 Å². The van der Waals surface area contributed by atoms with Crippen molar-refractivity contribution in [3.63, 3.8) is 0 Å². The second-order valence-corrected chi connectivity index (χ2v) is 5.02. The lowest BCUT2D eigenvalue weighted by Gasteiger charge is -2.19. The quantitative estimate of drug-likeness (QED) is 0.892. The van der Waals surface area contributed by atoms with E-state index >= 15 is 0 Å². The Bertz CT molecular complexity index is 424. The lowest BCUT2D eigenvalue weighted by Crippen LogP contribution is -2.33. The van der Waals surface area contributed by atoms with Crippen molar-refractivity contribution in [2.75, 3.05) is 0 Å². The van der Waals surface area contributed by atoms with E-state index in [9.17, 15) is 9.18 Å². The molecule has 0 saturated heterocycles. The number of pyridine rings is 1. The summed E-state index contributed by atoms with van der Waals surface area (Å²) >= 11 is 0. The Hall–Kier alpha value is -1.65. The van der Waals surface area contributed by atoms with Gasteiger partial charge in [0, 0.05) is 18.2 Å². The first-order chi connectivity index (χ1) is 8.90. The van der Waals surface area contributed by atoms with Gasteiger partial charge < -0.3 is 10.1 Å². The zero-order valence-corrected chi connectivity index (χ0v) is 11.8. The Morgan fingerprint density at radius 1 is 1.42 bits per heavy atom. The summed E-state index contributed by atoms with van der Waals surface area (Å²) in [5.74, 6) is -0.433. The molecule has 1 aromatic rings. The molecule has 4 nitrogen and oxygen atoms in total. The standard InChI is InChI=1S/C14H21FN2O2/c1-9(2)17-14(18)19-11(4)8-10(3)13-12(15)6-5-7-16-13/h5-7,9-11H,8H2,1-4H3,(H,17,18). The highest BCUT2D eigenvalue weighted by Gasteiger charge is 2.18. The second kappa shape index (κ2) is 7.07. The molecule has 2 unspecified atom stereocenters. The fraction of sp³-hybridized carbons (Fsp3) is 0.571. The molecule has 106 valence electrons. The van der Waals surface area contributed by atoms with Crippen molar-refractivity contribution in [3.8, 4) is 0 Å². The van der Waals surface area contributed by atoms with E-state index in [1.54, 1.807) is 19.2 Å². The summed E-state index contributed by atoms with van der Waals surface area (Å²) in [5, 5.41) is 2.65. The van der Waals surface area contributed by atoms with Gasteiger partial charge in [0.1, 0.15) is 11.9 Å². The minimum absolute atomic E-state index is 0.0327. The number of halogens is 1. The van der Waals surface area contributed by atoms with Crippen LogP contribution < -0.4 is 5.32 Å². The highest BCUT2D eigenvalue weighted by molar-refractivity contribution is 5.67. The van der Waals surface area contributed by atoms with Crippen LogP contribution in [0.15, 0.2) is 18.3 Å². The number of ether oxygens (including phenoxy) is 1. The molecule has 5 heteroatoms. The summed E-state index contributed by atoms with van der Waals surface area (Å²) in [4.78, 5) is 15.5. The monoisotopic (exact) mass is 268 g/mol. The van der Waals surface area contributed by atoms with Crippen LogP contribution in [-0.4, -0.2) is 23.2 Å². The Kier molecular flexibility index (Phi) is 5.73. The largest absolute Gasteiger partial charge is 0.447 e. The predicted octanol–water partition coefficient (Wildman–Crippen LogP) is 3.24. The van der Waals surface area contributed by atoms with Crippen LogP contribution in [0.5, 0.6) is 0 Å². The molecule has 1 heterocycles. The van der Waals surface area contributed by atoms with Gasteiger partial charge in [-0.2, -0.15) is 0 Å². The van der Waals surface area contributed by atoms with E-state index < -0.39 is 6.09 Å². The third-order valence-corrected chi connectivity index (χ3v) is 2.65. The number of alkyl carbamates (subject to hydrolysis) is 1. The average molecular weight is 268 g/mol. The fourth-order valence-electron chi connectivity index (χ4n) is 1.87. The van der Waals surface area contributed by atoms with Crippen LogP contribution in [0.1, 0.15) is 45.7 Å². The molecule has 0 radical (unpaired) electrons. The molecule has 0 saturated carbocycles. The highest BCUT2D eigenvalue weighted by Crippen LogP contribution is 2.22. The Morgan fingerprint density at radius 3 is 2.68 bits per heavy atom. The SMILES string of the molecule is CC(C)NC(=O)OC(C)CC(C)c1ncccc1F. The van der Waals surface area contributed by atoms with Crippen LogP contribution in [0.2, 0.25) is 0 Å². The molecular formula is C14H21FN2O2. The first-order valence-corrected chi connectivity index (χ1v) is 6.47. The van der Waals surface area contributed by atoms with E-state index in [-0.39, 0.29) is 23.9 Å². The van der Waals surface area contributed by atoms with E-state index in [1.807, 2.05) is 20.8 Å². The minimum atomic E-state index is -0.448. The number of carbonyl (C=O) groups excluding carboxylic acids is 1. The smallest absolute Gasteiger partial charge is 0.407 e. The van der Waals surface area contributed by atoms with E-state index in [0.717, 1.165) is 0 Å². The number of hydrogen-bond donors (Lipinski definition) is 1. The van der Waals surface area contributed by atoms with Gasteiger partial charge in [0.15, 0.2) is 0 Å². The van der Waals surface area contributed by atoms with Gasteiger partial charge in [0.05, 0.1) is 5.69 Å². The van der Waals surface area contributed by atoms with Crippen molar-refractivity contribution in [1.29, 1.82) is 0 Å². The predicted molar refractivity (Wildman–Crippen MR) is 71.4 cm³/mol. The lowest BCUT2D eigenvalue weighted by atomic mass is 10.00. The topological polar surface area (TPSA) is 51.2 Å². The molecule has 1 N–H and O–H groups in total. The van der Waals surface area contributed by atoms with Gasteiger partial charge in [-0.25, -0.2) is 9.18 Å². The molecule has 0 aliphatic rings. The molecule has 0 spiro atoms. The van der Waals surface area contributed by atoms with Crippen LogP contribution in [0.4, 0.5) is 9.18 Å². The molecule has 0 aliphatic heterocycles. The number of rotatable bonds is 5. The zero-order valence-electron chi connectivity index (χ0n) is 11.8. The van der Waals surface area contributed by atoms with Crippen LogP contribution in [0, 0.1) is 5.82 Å². The molecule has 1 rings (SSSR count). The first kappa shape index (κ1) is 15.4. The maximum atomic E-state index is 13.5. The summed E-state index contributed by atoms with van der Waals surface area (Å²) in [6.07, 6.45) is 1.34. The second-order valence-electron chi connectivity index (χ2n) is 5.02. The third kappa shape index (κ3) is 5.24. The zero-order chi connectivity index (χ0) is 14.4. The number of nitrogens with one attached hydrogen (secondary N) is 1. The van der Waals surface area contributed by atoms with Crippen molar-refractivity contribution in [2.45, 2.75) is 52.2 Å². The maximum absolute atomic E-state index is 13.5. The number of nitrogens with zero attached hydrogens (tertiary/aromatic N) is 1. The van der Waals surface area contributed by atoms with E-state index in [2.05, 4.69) is 10.3 Å². The molecule has 0 aliphatic carbocycles. The highest BCUT2D eigenvalue weighted by atomic mass is 19.1. The van der Waals surface area contributed by atoms with Crippen LogP contribution >= 0.6 is 0 Å². The van der Waals surface area contributed by atoms with Gasteiger partial charge in [-0.1, -0.05) is 6.92 Å². The van der Waals surface area contributed by atoms with Crippen molar-refractivity contribution in [2.24, 2.45) is 0 Å². The molecule has 0 fully saturated rings.